The summed E-state index contributed by atoms with van der Waals surface area (Å²) in [5.74, 6) is -1.56. The number of amides is 1. The summed E-state index contributed by atoms with van der Waals surface area (Å²) in [5.41, 5.74) is 1.71. The summed E-state index contributed by atoms with van der Waals surface area (Å²) in [5, 5.41) is 2.88. The molecule has 0 heterocycles. The zero-order valence-electron chi connectivity index (χ0n) is 22.1. The number of para-hydroxylation sites is 1. The molecule has 0 unspecified atom stereocenters. The van der Waals surface area contributed by atoms with Crippen molar-refractivity contribution in [2.45, 2.75) is 23.5 Å². The Morgan fingerprint density at radius 2 is 1.48 bits per heavy atom. The lowest BCUT2D eigenvalue weighted by atomic mass is 10.0. The molecule has 9 heteroatoms. The SMILES string of the molecule is COc1ccccc1C(=O)NCCCc1cccc(CS(=O)(=O)c2cc(-c3c(F)cccc3F)ccc2OC)c1. The molecule has 0 aliphatic heterocycles. The molecule has 0 aromatic heterocycles. The highest BCUT2D eigenvalue weighted by molar-refractivity contribution is 7.90. The molecule has 0 fully saturated rings. The van der Waals surface area contributed by atoms with Crippen LogP contribution >= 0.6 is 0 Å². The third-order valence-electron chi connectivity index (χ3n) is 6.38. The lowest BCUT2D eigenvalue weighted by Gasteiger charge is -2.13. The van der Waals surface area contributed by atoms with Crippen LogP contribution in [0.1, 0.15) is 27.9 Å². The van der Waals surface area contributed by atoms with E-state index in [1.165, 1.54) is 38.5 Å². The van der Waals surface area contributed by atoms with Crippen LogP contribution in [0.2, 0.25) is 0 Å². The Kier molecular flexibility index (Phi) is 9.16. The molecule has 0 bridgehead atoms. The molecule has 4 aromatic carbocycles. The Bertz CT molecular complexity index is 1600. The van der Waals surface area contributed by atoms with E-state index in [1.54, 1.807) is 42.5 Å². The van der Waals surface area contributed by atoms with Crippen LogP contribution in [0.4, 0.5) is 8.78 Å². The van der Waals surface area contributed by atoms with Gasteiger partial charge in [-0.1, -0.05) is 48.5 Å². The molecule has 40 heavy (non-hydrogen) atoms. The van der Waals surface area contributed by atoms with Gasteiger partial charge in [0.2, 0.25) is 0 Å². The predicted octanol–water partition coefficient (Wildman–Crippen LogP) is 5.99. The maximum absolute atomic E-state index is 14.4. The molecule has 0 aliphatic rings. The smallest absolute Gasteiger partial charge is 0.255 e. The second-order valence-corrected chi connectivity index (χ2v) is 11.1. The average Bonchev–Trinajstić information content (AvgIpc) is 2.95. The maximum atomic E-state index is 14.4. The highest BCUT2D eigenvalue weighted by Gasteiger charge is 2.23. The monoisotopic (exact) mass is 565 g/mol. The Balaban J connectivity index is 1.45. The van der Waals surface area contributed by atoms with E-state index < -0.39 is 21.5 Å². The molecule has 208 valence electrons. The zero-order chi connectivity index (χ0) is 28.7. The van der Waals surface area contributed by atoms with E-state index in [4.69, 9.17) is 9.47 Å². The first-order valence-corrected chi connectivity index (χ1v) is 14.2. The van der Waals surface area contributed by atoms with Gasteiger partial charge in [-0.15, -0.1) is 0 Å². The molecule has 0 saturated heterocycles. The zero-order valence-corrected chi connectivity index (χ0v) is 22.9. The normalized spacial score (nSPS) is 11.2. The number of halogens is 2. The largest absolute Gasteiger partial charge is 0.496 e. The number of carbonyl (C=O) groups excluding carboxylic acids is 1. The van der Waals surface area contributed by atoms with Gasteiger partial charge in [-0.3, -0.25) is 4.79 Å². The van der Waals surface area contributed by atoms with Crippen LogP contribution < -0.4 is 14.8 Å². The van der Waals surface area contributed by atoms with Gasteiger partial charge < -0.3 is 14.8 Å². The van der Waals surface area contributed by atoms with Crippen molar-refractivity contribution in [1.29, 1.82) is 0 Å². The standard InChI is InChI=1S/C31H29F2NO5S/c1-38-27-14-4-3-11-24(27)31(35)34-17-7-10-21-8-5-9-22(18-21)20-40(36,37)29-19-23(15-16-28(29)39-2)30-25(32)12-6-13-26(30)33/h3-6,8-9,11-16,18-19H,7,10,17,20H2,1-2H3,(H,34,35). The van der Waals surface area contributed by atoms with E-state index >= 15 is 0 Å². The quantitative estimate of drug-likeness (QED) is 0.226. The van der Waals surface area contributed by atoms with Crippen LogP contribution in [0.25, 0.3) is 11.1 Å². The number of nitrogens with one attached hydrogen (secondary N) is 1. The van der Waals surface area contributed by atoms with Crippen molar-refractivity contribution in [2.75, 3.05) is 20.8 Å². The minimum Gasteiger partial charge on any atom is -0.496 e. The molecule has 0 aliphatic carbocycles. The minimum absolute atomic E-state index is 0.0856. The molecule has 0 atom stereocenters. The molecule has 0 spiro atoms. The van der Waals surface area contributed by atoms with Gasteiger partial charge in [-0.25, -0.2) is 17.2 Å². The fourth-order valence-electron chi connectivity index (χ4n) is 4.44. The highest BCUT2D eigenvalue weighted by Crippen LogP contribution is 2.34. The first kappa shape index (κ1) is 28.8. The van der Waals surface area contributed by atoms with Crippen molar-refractivity contribution in [3.63, 3.8) is 0 Å². The van der Waals surface area contributed by atoms with Gasteiger partial charge >= 0.3 is 0 Å². The number of rotatable bonds is 11. The second-order valence-electron chi connectivity index (χ2n) is 9.10. The predicted molar refractivity (Wildman–Crippen MR) is 149 cm³/mol. The van der Waals surface area contributed by atoms with E-state index in [0.717, 1.165) is 17.7 Å². The number of benzene rings is 4. The fraction of sp³-hybridized carbons (Fsp3) is 0.194. The summed E-state index contributed by atoms with van der Waals surface area (Å²) in [6.45, 7) is 0.427. The third kappa shape index (κ3) is 6.66. The summed E-state index contributed by atoms with van der Waals surface area (Å²) >= 11 is 0. The molecule has 4 aromatic rings. The molecular weight excluding hydrogens is 536 g/mol. The van der Waals surface area contributed by atoms with Crippen molar-refractivity contribution < 1.29 is 31.5 Å². The Morgan fingerprint density at radius 1 is 0.800 bits per heavy atom. The van der Waals surface area contributed by atoms with Gasteiger partial charge in [0.1, 0.15) is 28.0 Å². The van der Waals surface area contributed by atoms with Crippen molar-refractivity contribution in [3.05, 3.63) is 113 Å². The van der Waals surface area contributed by atoms with E-state index in [2.05, 4.69) is 5.32 Å². The highest BCUT2D eigenvalue weighted by atomic mass is 32.2. The van der Waals surface area contributed by atoms with Crippen LogP contribution in [0.3, 0.4) is 0 Å². The van der Waals surface area contributed by atoms with Crippen LogP contribution in [-0.2, 0) is 22.0 Å². The Labute approximate surface area is 232 Å². The average molecular weight is 566 g/mol. The molecule has 0 saturated carbocycles. The topological polar surface area (TPSA) is 81.7 Å². The third-order valence-corrected chi connectivity index (χ3v) is 8.08. The lowest BCUT2D eigenvalue weighted by molar-refractivity contribution is 0.0950. The van der Waals surface area contributed by atoms with Crippen molar-refractivity contribution in [2.24, 2.45) is 0 Å². The number of hydrogen-bond donors (Lipinski definition) is 1. The van der Waals surface area contributed by atoms with Crippen molar-refractivity contribution in [1.82, 2.24) is 5.32 Å². The van der Waals surface area contributed by atoms with Crippen LogP contribution in [0.5, 0.6) is 11.5 Å². The number of sulfone groups is 1. The number of ether oxygens (including phenoxy) is 2. The van der Waals surface area contributed by atoms with Crippen LogP contribution in [-0.4, -0.2) is 35.1 Å². The van der Waals surface area contributed by atoms with Crippen molar-refractivity contribution in [3.8, 4) is 22.6 Å². The number of methoxy groups -OCH3 is 2. The number of hydrogen-bond acceptors (Lipinski definition) is 5. The van der Waals surface area contributed by atoms with Gasteiger partial charge in [0.15, 0.2) is 9.84 Å². The summed E-state index contributed by atoms with van der Waals surface area (Å²) < 4.78 is 66.1. The second kappa shape index (κ2) is 12.7. The number of carbonyl (C=O) groups is 1. The van der Waals surface area contributed by atoms with Gasteiger partial charge in [0.25, 0.3) is 5.91 Å². The van der Waals surface area contributed by atoms with Gasteiger partial charge in [-0.2, -0.15) is 0 Å². The fourth-order valence-corrected chi connectivity index (χ4v) is 5.98. The lowest BCUT2D eigenvalue weighted by Crippen LogP contribution is -2.25. The van der Waals surface area contributed by atoms with Crippen LogP contribution in [0, 0.1) is 11.6 Å². The minimum atomic E-state index is -3.94. The summed E-state index contributed by atoms with van der Waals surface area (Å²) in [6.07, 6.45) is 1.26. The van der Waals surface area contributed by atoms with E-state index in [1.807, 2.05) is 6.07 Å². The summed E-state index contributed by atoms with van der Waals surface area (Å²) in [7, 11) is -1.09. The van der Waals surface area contributed by atoms with Crippen LogP contribution in [0.15, 0.2) is 89.8 Å². The molecule has 1 amide bonds. The number of aryl methyl sites for hydroxylation is 1. The molecule has 6 nitrogen and oxygen atoms in total. The van der Waals surface area contributed by atoms with Gasteiger partial charge in [-0.05, 0) is 65.9 Å². The van der Waals surface area contributed by atoms with Crippen molar-refractivity contribution >= 4 is 15.7 Å². The van der Waals surface area contributed by atoms with E-state index in [9.17, 15) is 22.0 Å². The molecule has 1 N–H and O–H groups in total. The summed E-state index contributed by atoms with van der Waals surface area (Å²) in [4.78, 5) is 12.3. The Morgan fingerprint density at radius 3 is 2.20 bits per heavy atom. The van der Waals surface area contributed by atoms with E-state index in [0.29, 0.717) is 36.3 Å². The molecule has 0 radical (unpaired) electrons. The first-order valence-electron chi connectivity index (χ1n) is 12.6. The first-order chi connectivity index (χ1) is 19.2. The van der Waals surface area contributed by atoms with Gasteiger partial charge in [0.05, 0.1) is 31.1 Å². The molecule has 4 rings (SSSR count). The van der Waals surface area contributed by atoms with E-state index in [-0.39, 0.29) is 33.4 Å². The maximum Gasteiger partial charge on any atom is 0.255 e. The Hall–Kier alpha value is -4.24. The summed E-state index contributed by atoms with van der Waals surface area (Å²) in [6, 6.07) is 21.7. The van der Waals surface area contributed by atoms with Gasteiger partial charge in [0, 0.05) is 6.54 Å². The molecular formula is C31H29F2NO5S.